The van der Waals surface area contributed by atoms with Gasteiger partial charge in [-0.15, -0.1) is 0 Å². The minimum atomic E-state index is 0.616. The van der Waals surface area contributed by atoms with Crippen molar-refractivity contribution >= 4 is 22.3 Å². The molecule has 3 heteroatoms. The molecule has 1 aromatic carbocycles. The van der Waals surface area contributed by atoms with Crippen molar-refractivity contribution in [3.8, 4) is 0 Å². The smallest absolute Gasteiger partial charge is 0.136 e. The number of rotatable bonds is 3. The number of hydrogen-bond acceptors (Lipinski definition) is 3. The number of aryl methyl sites for hydroxylation is 1. The van der Waals surface area contributed by atoms with Crippen LogP contribution in [0, 0.1) is 6.92 Å². The fourth-order valence-electron chi connectivity index (χ4n) is 3.23. The van der Waals surface area contributed by atoms with Crippen LogP contribution in [0.15, 0.2) is 24.4 Å². The highest BCUT2D eigenvalue weighted by molar-refractivity contribution is 6.02. The lowest BCUT2D eigenvalue weighted by atomic mass is 10.0. The summed E-state index contributed by atoms with van der Waals surface area (Å²) < 4.78 is 0. The van der Waals surface area contributed by atoms with Crippen molar-refractivity contribution in [1.82, 2.24) is 4.98 Å². The summed E-state index contributed by atoms with van der Waals surface area (Å²) in [5.74, 6) is 1.04. The number of aromatic nitrogens is 1. The Morgan fingerprint density at radius 1 is 1.20 bits per heavy atom. The van der Waals surface area contributed by atoms with E-state index < -0.39 is 0 Å². The zero-order valence-corrected chi connectivity index (χ0v) is 12.6. The van der Waals surface area contributed by atoms with Gasteiger partial charge in [-0.25, -0.2) is 4.98 Å². The van der Waals surface area contributed by atoms with E-state index in [-0.39, 0.29) is 0 Å². The van der Waals surface area contributed by atoms with Gasteiger partial charge in [0.1, 0.15) is 5.82 Å². The summed E-state index contributed by atoms with van der Waals surface area (Å²) >= 11 is 0. The summed E-state index contributed by atoms with van der Waals surface area (Å²) in [6.45, 7) is 2.18. The molecule has 1 heterocycles. The number of pyridine rings is 1. The van der Waals surface area contributed by atoms with E-state index in [0.29, 0.717) is 6.04 Å². The maximum absolute atomic E-state index is 4.65. The van der Waals surface area contributed by atoms with Crippen molar-refractivity contribution in [2.24, 2.45) is 0 Å². The molecule has 0 spiro atoms. The molecule has 106 valence electrons. The molecular weight excluding hydrogens is 246 g/mol. The SMILES string of the molecule is Cc1cccc2c(N(C)C)ncc(NC3CCCC3)c12. The standard InChI is InChI=1S/C17H23N3/c1-12-7-6-10-14-16(12)15(11-18-17(14)20(2)3)19-13-8-4-5-9-13/h6-7,10-11,13,19H,4-5,8-9H2,1-3H3. The van der Waals surface area contributed by atoms with Gasteiger partial charge in [-0.1, -0.05) is 31.0 Å². The van der Waals surface area contributed by atoms with Crippen LogP contribution in [-0.2, 0) is 0 Å². The van der Waals surface area contributed by atoms with Gasteiger partial charge < -0.3 is 10.2 Å². The topological polar surface area (TPSA) is 28.2 Å². The molecule has 3 rings (SSSR count). The van der Waals surface area contributed by atoms with Crippen LogP contribution in [0.2, 0.25) is 0 Å². The molecule has 1 N–H and O–H groups in total. The average Bonchev–Trinajstić information content (AvgIpc) is 2.91. The minimum Gasteiger partial charge on any atom is -0.381 e. The molecule has 1 saturated carbocycles. The molecule has 0 aliphatic heterocycles. The van der Waals surface area contributed by atoms with Crippen LogP contribution in [0.3, 0.4) is 0 Å². The second-order valence-electron chi connectivity index (χ2n) is 6.01. The Bertz CT molecular complexity index is 613. The van der Waals surface area contributed by atoms with Crippen molar-refractivity contribution < 1.29 is 0 Å². The van der Waals surface area contributed by atoms with Gasteiger partial charge in [-0.3, -0.25) is 0 Å². The van der Waals surface area contributed by atoms with Crippen LogP contribution in [0.1, 0.15) is 31.2 Å². The van der Waals surface area contributed by atoms with Crippen LogP contribution in [0.5, 0.6) is 0 Å². The van der Waals surface area contributed by atoms with Crippen molar-refractivity contribution in [1.29, 1.82) is 0 Å². The largest absolute Gasteiger partial charge is 0.381 e. The lowest BCUT2D eigenvalue weighted by molar-refractivity contribution is 0.756. The fourth-order valence-corrected chi connectivity index (χ4v) is 3.23. The first-order valence-corrected chi connectivity index (χ1v) is 7.49. The summed E-state index contributed by atoms with van der Waals surface area (Å²) in [6, 6.07) is 7.09. The third-order valence-corrected chi connectivity index (χ3v) is 4.24. The summed E-state index contributed by atoms with van der Waals surface area (Å²) in [6.07, 6.45) is 7.25. The van der Waals surface area contributed by atoms with E-state index in [1.807, 2.05) is 20.3 Å². The summed E-state index contributed by atoms with van der Waals surface area (Å²) in [5, 5.41) is 6.26. The molecule has 1 aliphatic rings. The Morgan fingerprint density at radius 3 is 2.65 bits per heavy atom. The Hall–Kier alpha value is -1.77. The van der Waals surface area contributed by atoms with Crippen molar-refractivity contribution in [2.45, 2.75) is 38.6 Å². The monoisotopic (exact) mass is 269 g/mol. The van der Waals surface area contributed by atoms with Gasteiger partial charge in [0, 0.05) is 30.9 Å². The van der Waals surface area contributed by atoms with E-state index in [0.717, 1.165) is 5.82 Å². The molecule has 0 radical (unpaired) electrons. The first-order chi connectivity index (χ1) is 9.66. The van der Waals surface area contributed by atoms with Gasteiger partial charge in [-0.2, -0.15) is 0 Å². The maximum atomic E-state index is 4.65. The first kappa shape index (κ1) is 13.2. The van der Waals surface area contributed by atoms with Gasteiger partial charge in [0.25, 0.3) is 0 Å². The van der Waals surface area contributed by atoms with Crippen molar-refractivity contribution in [2.75, 3.05) is 24.3 Å². The summed E-state index contributed by atoms with van der Waals surface area (Å²) in [7, 11) is 4.10. The number of nitrogens with one attached hydrogen (secondary N) is 1. The number of anilines is 2. The Morgan fingerprint density at radius 2 is 1.95 bits per heavy atom. The lowest BCUT2D eigenvalue weighted by Gasteiger charge is -2.20. The van der Waals surface area contributed by atoms with E-state index >= 15 is 0 Å². The molecule has 20 heavy (non-hydrogen) atoms. The number of nitrogens with zero attached hydrogens (tertiary/aromatic N) is 2. The van der Waals surface area contributed by atoms with Crippen LogP contribution in [-0.4, -0.2) is 25.1 Å². The molecule has 0 saturated heterocycles. The van der Waals surface area contributed by atoms with Crippen molar-refractivity contribution in [3.63, 3.8) is 0 Å². The Kier molecular flexibility index (Phi) is 3.51. The maximum Gasteiger partial charge on any atom is 0.136 e. The molecule has 3 nitrogen and oxygen atoms in total. The van der Waals surface area contributed by atoms with E-state index in [1.165, 1.54) is 47.7 Å². The Labute approximate surface area is 121 Å². The molecule has 0 amide bonds. The molecule has 1 aliphatic carbocycles. The van der Waals surface area contributed by atoms with Gasteiger partial charge in [0.15, 0.2) is 0 Å². The molecular formula is C17H23N3. The highest BCUT2D eigenvalue weighted by Crippen LogP contribution is 2.33. The lowest BCUT2D eigenvalue weighted by Crippen LogP contribution is -2.16. The highest BCUT2D eigenvalue weighted by Gasteiger charge is 2.17. The highest BCUT2D eigenvalue weighted by atomic mass is 15.1. The molecule has 0 atom stereocenters. The van der Waals surface area contributed by atoms with E-state index in [1.54, 1.807) is 0 Å². The molecule has 1 fully saturated rings. The van der Waals surface area contributed by atoms with Crippen LogP contribution in [0.4, 0.5) is 11.5 Å². The zero-order chi connectivity index (χ0) is 14.1. The predicted octanol–water partition coefficient (Wildman–Crippen LogP) is 3.96. The molecule has 0 bridgehead atoms. The van der Waals surface area contributed by atoms with E-state index in [2.05, 4.69) is 40.3 Å². The predicted molar refractivity (Wildman–Crippen MR) is 86.7 cm³/mol. The molecule has 0 unspecified atom stereocenters. The fraction of sp³-hybridized carbons (Fsp3) is 0.471. The Balaban J connectivity index is 2.10. The average molecular weight is 269 g/mol. The third-order valence-electron chi connectivity index (χ3n) is 4.24. The van der Waals surface area contributed by atoms with E-state index in [4.69, 9.17) is 0 Å². The normalized spacial score (nSPS) is 15.8. The minimum absolute atomic E-state index is 0.616. The van der Waals surface area contributed by atoms with Crippen LogP contribution in [0.25, 0.3) is 10.8 Å². The first-order valence-electron chi connectivity index (χ1n) is 7.49. The van der Waals surface area contributed by atoms with Gasteiger partial charge in [-0.05, 0) is 25.3 Å². The number of fused-ring (bicyclic) bond motifs is 1. The van der Waals surface area contributed by atoms with Crippen LogP contribution < -0.4 is 10.2 Å². The summed E-state index contributed by atoms with van der Waals surface area (Å²) in [5.41, 5.74) is 2.50. The van der Waals surface area contributed by atoms with Gasteiger partial charge in [0.2, 0.25) is 0 Å². The summed E-state index contributed by atoms with van der Waals surface area (Å²) in [4.78, 5) is 6.74. The van der Waals surface area contributed by atoms with Crippen molar-refractivity contribution in [3.05, 3.63) is 30.0 Å². The van der Waals surface area contributed by atoms with E-state index in [9.17, 15) is 0 Å². The molecule has 1 aromatic heterocycles. The third kappa shape index (κ3) is 2.33. The zero-order valence-electron chi connectivity index (χ0n) is 12.6. The quantitative estimate of drug-likeness (QED) is 0.914. The second-order valence-corrected chi connectivity index (χ2v) is 6.01. The number of benzene rings is 1. The van der Waals surface area contributed by atoms with Gasteiger partial charge in [0.05, 0.1) is 11.9 Å². The molecule has 2 aromatic rings. The van der Waals surface area contributed by atoms with Gasteiger partial charge >= 0.3 is 0 Å². The number of hydrogen-bond donors (Lipinski definition) is 1. The van der Waals surface area contributed by atoms with Crippen LogP contribution >= 0.6 is 0 Å². The second kappa shape index (κ2) is 5.31.